The number of para-hydroxylation sites is 1. The zero-order chi connectivity index (χ0) is 14.7. The van der Waals surface area contributed by atoms with Crippen LogP contribution in [0.2, 0.25) is 0 Å². The zero-order valence-corrected chi connectivity index (χ0v) is 12.5. The molecule has 2 aromatic rings. The average Bonchev–Trinajstić information content (AvgIpc) is 2.56. The molecular weight excluding hydrogens is 260 g/mol. The molecule has 1 saturated heterocycles. The molecule has 0 bridgehead atoms. The number of nitrogens with zero attached hydrogens (tertiary/aromatic N) is 3. The minimum Gasteiger partial charge on any atom is -0.368 e. The Hall–Kier alpha value is -2.07. The predicted molar refractivity (Wildman–Crippen MR) is 87.7 cm³/mol. The van der Waals surface area contributed by atoms with Crippen LogP contribution in [0.3, 0.4) is 0 Å². The third-order valence-electron chi connectivity index (χ3n) is 4.04. The Bertz CT molecular complexity index is 589. The third-order valence-corrected chi connectivity index (χ3v) is 4.04. The van der Waals surface area contributed by atoms with E-state index in [1.165, 1.54) is 11.3 Å². The Morgan fingerprint density at radius 1 is 1.05 bits per heavy atom. The lowest BCUT2D eigenvalue weighted by molar-refractivity contribution is 0.645. The first-order valence-electron chi connectivity index (χ1n) is 7.48. The van der Waals surface area contributed by atoms with Crippen molar-refractivity contribution in [2.24, 2.45) is 5.73 Å². The number of nitrogens with two attached hydrogens (primary N) is 1. The van der Waals surface area contributed by atoms with Gasteiger partial charge in [-0.1, -0.05) is 18.2 Å². The Balaban J connectivity index is 1.68. The van der Waals surface area contributed by atoms with Gasteiger partial charge in [0.05, 0.1) is 0 Å². The van der Waals surface area contributed by atoms with Crippen LogP contribution in [0.25, 0.3) is 0 Å². The molecule has 0 aliphatic carbocycles. The SMILES string of the molecule is Cc1cc(CN)cnc1N1CCN(c2ccccc2)CC1. The number of benzene rings is 1. The summed E-state index contributed by atoms with van der Waals surface area (Å²) in [5, 5.41) is 0. The summed E-state index contributed by atoms with van der Waals surface area (Å²) in [6, 6.07) is 12.8. The van der Waals surface area contributed by atoms with Crippen molar-refractivity contribution in [3.63, 3.8) is 0 Å². The molecule has 21 heavy (non-hydrogen) atoms. The number of pyridine rings is 1. The Kier molecular flexibility index (Phi) is 4.06. The first kappa shape index (κ1) is 13.9. The molecule has 2 heterocycles. The van der Waals surface area contributed by atoms with Crippen LogP contribution in [0.1, 0.15) is 11.1 Å². The van der Waals surface area contributed by atoms with E-state index in [0.717, 1.165) is 37.6 Å². The van der Waals surface area contributed by atoms with Crippen LogP contribution in [0, 0.1) is 6.92 Å². The van der Waals surface area contributed by atoms with E-state index in [-0.39, 0.29) is 0 Å². The lowest BCUT2D eigenvalue weighted by Gasteiger charge is -2.37. The first-order valence-corrected chi connectivity index (χ1v) is 7.48. The van der Waals surface area contributed by atoms with E-state index in [0.29, 0.717) is 6.54 Å². The van der Waals surface area contributed by atoms with Crippen molar-refractivity contribution in [1.82, 2.24) is 4.98 Å². The largest absolute Gasteiger partial charge is 0.368 e. The number of hydrogen-bond donors (Lipinski definition) is 1. The normalized spacial score (nSPS) is 15.3. The van der Waals surface area contributed by atoms with Crippen molar-refractivity contribution in [2.75, 3.05) is 36.0 Å². The minimum atomic E-state index is 0.551. The average molecular weight is 282 g/mol. The molecule has 4 heteroatoms. The van der Waals surface area contributed by atoms with E-state index in [9.17, 15) is 0 Å². The number of aromatic nitrogens is 1. The molecule has 0 radical (unpaired) electrons. The number of rotatable bonds is 3. The number of anilines is 2. The van der Waals surface area contributed by atoms with Gasteiger partial charge in [-0.05, 0) is 36.2 Å². The standard InChI is InChI=1S/C17H22N4/c1-14-11-15(12-18)13-19-17(14)21-9-7-20(8-10-21)16-5-3-2-4-6-16/h2-6,11,13H,7-10,12,18H2,1H3. The van der Waals surface area contributed by atoms with Crippen LogP contribution in [0.4, 0.5) is 11.5 Å². The molecule has 4 nitrogen and oxygen atoms in total. The van der Waals surface area contributed by atoms with Crippen molar-refractivity contribution in [1.29, 1.82) is 0 Å². The molecule has 1 aromatic heterocycles. The Morgan fingerprint density at radius 2 is 1.71 bits per heavy atom. The summed E-state index contributed by atoms with van der Waals surface area (Å²) in [7, 11) is 0. The van der Waals surface area contributed by atoms with E-state index in [1.54, 1.807) is 0 Å². The molecule has 0 saturated carbocycles. The van der Waals surface area contributed by atoms with E-state index >= 15 is 0 Å². The van der Waals surface area contributed by atoms with Gasteiger partial charge < -0.3 is 15.5 Å². The van der Waals surface area contributed by atoms with Gasteiger partial charge in [0.2, 0.25) is 0 Å². The van der Waals surface area contributed by atoms with Gasteiger partial charge in [0, 0.05) is 44.6 Å². The van der Waals surface area contributed by atoms with Gasteiger partial charge in [0.25, 0.3) is 0 Å². The van der Waals surface area contributed by atoms with Crippen molar-refractivity contribution in [3.8, 4) is 0 Å². The predicted octanol–water partition coefficient (Wildman–Crippen LogP) is 2.18. The van der Waals surface area contributed by atoms with Crippen molar-refractivity contribution in [3.05, 3.63) is 53.7 Å². The highest BCUT2D eigenvalue weighted by Gasteiger charge is 2.19. The van der Waals surface area contributed by atoms with Crippen LogP contribution in [-0.4, -0.2) is 31.2 Å². The number of piperazine rings is 1. The molecule has 0 unspecified atom stereocenters. The highest BCUT2D eigenvalue weighted by Crippen LogP contribution is 2.22. The Morgan fingerprint density at radius 3 is 2.33 bits per heavy atom. The molecular formula is C17H22N4. The van der Waals surface area contributed by atoms with Crippen LogP contribution in [-0.2, 0) is 6.54 Å². The van der Waals surface area contributed by atoms with Gasteiger partial charge in [-0.25, -0.2) is 4.98 Å². The second kappa shape index (κ2) is 6.14. The van der Waals surface area contributed by atoms with E-state index in [4.69, 9.17) is 5.73 Å². The topological polar surface area (TPSA) is 45.4 Å². The van der Waals surface area contributed by atoms with Crippen molar-refractivity contribution >= 4 is 11.5 Å². The second-order valence-electron chi connectivity index (χ2n) is 5.50. The molecule has 2 N–H and O–H groups in total. The summed E-state index contributed by atoms with van der Waals surface area (Å²) >= 11 is 0. The van der Waals surface area contributed by atoms with Crippen molar-refractivity contribution in [2.45, 2.75) is 13.5 Å². The van der Waals surface area contributed by atoms with Gasteiger partial charge in [-0.15, -0.1) is 0 Å². The highest BCUT2D eigenvalue weighted by molar-refractivity contribution is 5.51. The van der Waals surface area contributed by atoms with Crippen LogP contribution < -0.4 is 15.5 Å². The molecule has 110 valence electrons. The molecule has 1 aliphatic heterocycles. The molecule has 0 atom stereocenters. The maximum absolute atomic E-state index is 5.67. The van der Waals surface area contributed by atoms with Crippen LogP contribution in [0.15, 0.2) is 42.6 Å². The van der Waals surface area contributed by atoms with Gasteiger partial charge >= 0.3 is 0 Å². The smallest absolute Gasteiger partial charge is 0.131 e. The minimum absolute atomic E-state index is 0.551. The van der Waals surface area contributed by atoms with E-state index in [1.807, 2.05) is 6.20 Å². The number of hydrogen-bond acceptors (Lipinski definition) is 4. The molecule has 1 aliphatic rings. The van der Waals surface area contributed by atoms with Crippen molar-refractivity contribution < 1.29 is 0 Å². The molecule has 0 amide bonds. The van der Waals surface area contributed by atoms with E-state index < -0.39 is 0 Å². The summed E-state index contributed by atoms with van der Waals surface area (Å²) in [6.07, 6.45) is 1.89. The fraction of sp³-hybridized carbons (Fsp3) is 0.353. The Labute approximate surface area is 126 Å². The van der Waals surface area contributed by atoms with Gasteiger partial charge in [0.1, 0.15) is 5.82 Å². The maximum atomic E-state index is 5.67. The summed E-state index contributed by atoms with van der Waals surface area (Å²) in [6.45, 7) is 6.74. The van der Waals surface area contributed by atoms with Gasteiger partial charge in [-0.2, -0.15) is 0 Å². The second-order valence-corrected chi connectivity index (χ2v) is 5.50. The summed E-state index contributed by atoms with van der Waals surface area (Å²) in [5.41, 5.74) is 9.29. The lowest BCUT2D eigenvalue weighted by atomic mass is 10.1. The fourth-order valence-corrected chi connectivity index (χ4v) is 2.88. The van der Waals surface area contributed by atoms with Gasteiger partial charge in [0.15, 0.2) is 0 Å². The zero-order valence-electron chi connectivity index (χ0n) is 12.5. The third kappa shape index (κ3) is 3.00. The van der Waals surface area contributed by atoms with Crippen LogP contribution in [0.5, 0.6) is 0 Å². The quantitative estimate of drug-likeness (QED) is 0.937. The summed E-state index contributed by atoms with van der Waals surface area (Å²) < 4.78 is 0. The van der Waals surface area contributed by atoms with Gasteiger partial charge in [-0.3, -0.25) is 0 Å². The first-order chi connectivity index (χ1) is 10.3. The maximum Gasteiger partial charge on any atom is 0.131 e. The molecule has 3 rings (SSSR count). The molecule has 1 fully saturated rings. The molecule has 0 spiro atoms. The van der Waals surface area contributed by atoms with Crippen LogP contribution >= 0.6 is 0 Å². The number of aryl methyl sites for hydroxylation is 1. The fourth-order valence-electron chi connectivity index (χ4n) is 2.88. The lowest BCUT2D eigenvalue weighted by Crippen LogP contribution is -2.47. The van der Waals surface area contributed by atoms with E-state index in [2.05, 4.69) is 58.1 Å². The highest BCUT2D eigenvalue weighted by atomic mass is 15.3. The molecule has 1 aromatic carbocycles. The monoisotopic (exact) mass is 282 g/mol. The summed E-state index contributed by atoms with van der Waals surface area (Å²) in [5.74, 6) is 1.10. The summed E-state index contributed by atoms with van der Waals surface area (Å²) in [4.78, 5) is 9.40.